The maximum Gasteiger partial charge on any atom is 0.0672 e. The van der Waals surface area contributed by atoms with E-state index in [1.807, 2.05) is 0 Å². The third-order valence-electron chi connectivity index (χ3n) is 6.06. The summed E-state index contributed by atoms with van der Waals surface area (Å²) in [6.45, 7) is 8.32. The van der Waals surface area contributed by atoms with Gasteiger partial charge in [-0.3, -0.25) is 4.90 Å². The molecule has 1 saturated carbocycles. The van der Waals surface area contributed by atoms with Gasteiger partial charge in [-0.15, -0.1) is 0 Å². The number of hydrogen-bond donors (Lipinski definition) is 1. The quantitative estimate of drug-likeness (QED) is 0.859. The fourth-order valence-corrected chi connectivity index (χ4v) is 4.15. The van der Waals surface area contributed by atoms with E-state index in [-0.39, 0.29) is 12.5 Å². The summed E-state index contributed by atoms with van der Waals surface area (Å²) in [5.74, 6) is 0.869. The molecule has 114 valence electrons. The SMILES string of the molecule is CCC(C)(C)C1CCC(C#N)C(N2CCCC2CO)C1. The Morgan fingerprint density at radius 2 is 2.05 bits per heavy atom. The van der Waals surface area contributed by atoms with Crippen LogP contribution in [0.4, 0.5) is 0 Å². The Hall–Kier alpha value is -0.590. The van der Waals surface area contributed by atoms with Gasteiger partial charge in [-0.1, -0.05) is 27.2 Å². The van der Waals surface area contributed by atoms with Crippen LogP contribution < -0.4 is 0 Å². The Morgan fingerprint density at radius 1 is 1.30 bits per heavy atom. The van der Waals surface area contributed by atoms with E-state index in [0.29, 0.717) is 23.4 Å². The van der Waals surface area contributed by atoms with Gasteiger partial charge in [0.15, 0.2) is 0 Å². The summed E-state index contributed by atoms with van der Waals surface area (Å²) in [6.07, 6.45) is 6.81. The van der Waals surface area contributed by atoms with Gasteiger partial charge in [-0.05, 0) is 50.0 Å². The molecule has 1 heterocycles. The van der Waals surface area contributed by atoms with Crippen molar-refractivity contribution in [3.63, 3.8) is 0 Å². The van der Waals surface area contributed by atoms with Gasteiger partial charge in [0, 0.05) is 12.1 Å². The van der Waals surface area contributed by atoms with Crippen LogP contribution in [0.25, 0.3) is 0 Å². The lowest BCUT2D eigenvalue weighted by atomic mass is 9.66. The molecular formula is C17H30N2O. The number of hydrogen-bond acceptors (Lipinski definition) is 3. The van der Waals surface area contributed by atoms with Crippen LogP contribution in [0.3, 0.4) is 0 Å². The minimum Gasteiger partial charge on any atom is -0.395 e. The number of rotatable bonds is 4. The lowest BCUT2D eigenvalue weighted by molar-refractivity contribution is 0.0310. The van der Waals surface area contributed by atoms with Crippen LogP contribution in [0.5, 0.6) is 0 Å². The minimum atomic E-state index is 0.158. The topological polar surface area (TPSA) is 47.3 Å². The maximum atomic E-state index is 9.57. The standard InChI is InChI=1S/C17H30N2O/c1-4-17(2,3)14-8-7-13(11-18)16(10-14)19-9-5-6-15(19)12-20/h13-16,20H,4-10,12H2,1-3H3. The Labute approximate surface area is 124 Å². The summed E-state index contributed by atoms with van der Waals surface area (Å²) in [6, 6.07) is 3.20. The molecule has 2 fully saturated rings. The number of aliphatic hydroxyl groups is 1. The maximum absolute atomic E-state index is 9.57. The Morgan fingerprint density at radius 3 is 2.65 bits per heavy atom. The van der Waals surface area contributed by atoms with E-state index in [9.17, 15) is 10.4 Å². The average molecular weight is 278 g/mol. The molecule has 0 amide bonds. The number of likely N-dealkylation sites (tertiary alicyclic amines) is 1. The molecule has 2 rings (SSSR count). The molecule has 1 aliphatic carbocycles. The van der Waals surface area contributed by atoms with E-state index >= 15 is 0 Å². The lowest BCUT2D eigenvalue weighted by Crippen LogP contribution is -2.49. The van der Waals surface area contributed by atoms with Crippen molar-refractivity contribution in [1.29, 1.82) is 5.26 Å². The number of nitrogens with zero attached hydrogens (tertiary/aromatic N) is 2. The van der Waals surface area contributed by atoms with Crippen molar-refractivity contribution < 1.29 is 5.11 Å². The van der Waals surface area contributed by atoms with Crippen molar-refractivity contribution in [2.75, 3.05) is 13.2 Å². The highest BCUT2D eigenvalue weighted by molar-refractivity contribution is 5.02. The first-order valence-electron chi connectivity index (χ1n) is 8.29. The zero-order valence-electron chi connectivity index (χ0n) is 13.3. The summed E-state index contributed by atoms with van der Waals surface area (Å²) < 4.78 is 0. The zero-order chi connectivity index (χ0) is 14.8. The predicted molar refractivity (Wildman–Crippen MR) is 81.1 cm³/mol. The van der Waals surface area contributed by atoms with Gasteiger partial charge in [0.25, 0.3) is 0 Å². The molecular weight excluding hydrogens is 248 g/mol. The zero-order valence-corrected chi connectivity index (χ0v) is 13.3. The van der Waals surface area contributed by atoms with Crippen molar-refractivity contribution in [2.24, 2.45) is 17.3 Å². The molecule has 3 heteroatoms. The molecule has 1 N–H and O–H groups in total. The number of aliphatic hydroxyl groups excluding tert-OH is 1. The molecule has 1 aliphatic heterocycles. The van der Waals surface area contributed by atoms with Gasteiger partial charge in [0.05, 0.1) is 18.6 Å². The van der Waals surface area contributed by atoms with Gasteiger partial charge in [-0.2, -0.15) is 5.26 Å². The van der Waals surface area contributed by atoms with Crippen LogP contribution >= 0.6 is 0 Å². The number of nitriles is 1. The minimum absolute atomic E-state index is 0.158. The summed E-state index contributed by atoms with van der Waals surface area (Å²) >= 11 is 0. The molecule has 0 aromatic heterocycles. The lowest BCUT2D eigenvalue weighted by Gasteiger charge is -2.45. The van der Waals surface area contributed by atoms with Crippen LogP contribution in [0.15, 0.2) is 0 Å². The van der Waals surface area contributed by atoms with Gasteiger partial charge in [0.2, 0.25) is 0 Å². The third kappa shape index (κ3) is 3.02. The van der Waals surface area contributed by atoms with Crippen LogP contribution in [-0.2, 0) is 0 Å². The van der Waals surface area contributed by atoms with Crippen LogP contribution in [-0.4, -0.2) is 35.2 Å². The Bertz CT molecular complexity index is 360. The molecule has 20 heavy (non-hydrogen) atoms. The van der Waals surface area contributed by atoms with Crippen LogP contribution in [0.2, 0.25) is 0 Å². The van der Waals surface area contributed by atoms with Crippen LogP contribution in [0.1, 0.15) is 59.3 Å². The molecule has 4 atom stereocenters. The Balaban J connectivity index is 2.13. The van der Waals surface area contributed by atoms with E-state index in [0.717, 1.165) is 25.8 Å². The van der Waals surface area contributed by atoms with Crippen molar-refractivity contribution in [3.8, 4) is 6.07 Å². The summed E-state index contributed by atoms with van der Waals surface area (Å²) in [5.41, 5.74) is 0.368. The molecule has 4 unspecified atom stereocenters. The van der Waals surface area contributed by atoms with Crippen molar-refractivity contribution in [1.82, 2.24) is 4.90 Å². The van der Waals surface area contributed by atoms with Gasteiger partial charge < -0.3 is 5.11 Å². The molecule has 0 bridgehead atoms. The highest BCUT2D eigenvalue weighted by atomic mass is 16.3. The molecule has 0 aromatic carbocycles. The van der Waals surface area contributed by atoms with Crippen molar-refractivity contribution >= 4 is 0 Å². The fraction of sp³-hybridized carbons (Fsp3) is 0.941. The smallest absolute Gasteiger partial charge is 0.0672 e. The molecule has 3 nitrogen and oxygen atoms in total. The van der Waals surface area contributed by atoms with E-state index in [2.05, 4.69) is 31.7 Å². The first-order valence-corrected chi connectivity index (χ1v) is 8.29. The second-order valence-electron chi connectivity index (χ2n) is 7.37. The van der Waals surface area contributed by atoms with E-state index < -0.39 is 0 Å². The monoisotopic (exact) mass is 278 g/mol. The van der Waals surface area contributed by atoms with Crippen LogP contribution in [0, 0.1) is 28.6 Å². The second kappa shape index (κ2) is 6.45. The van der Waals surface area contributed by atoms with E-state index in [4.69, 9.17) is 0 Å². The summed E-state index contributed by atoms with van der Waals surface area (Å²) in [5, 5.41) is 19.1. The first-order chi connectivity index (χ1) is 9.53. The van der Waals surface area contributed by atoms with Crippen molar-refractivity contribution in [3.05, 3.63) is 0 Å². The van der Waals surface area contributed by atoms with Gasteiger partial charge >= 0.3 is 0 Å². The van der Waals surface area contributed by atoms with Gasteiger partial charge in [-0.25, -0.2) is 0 Å². The molecule has 0 radical (unpaired) electrons. The van der Waals surface area contributed by atoms with Crippen molar-refractivity contribution in [2.45, 2.75) is 71.4 Å². The fourth-order valence-electron chi connectivity index (χ4n) is 4.15. The molecule has 2 aliphatic rings. The highest BCUT2D eigenvalue weighted by Crippen LogP contribution is 2.44. The third-order valence-corrected chi connectivity index (χ3v) is 6.06. The predicted octanol–water partition coefficient (Wildman–Crippen LogP) is 3.19. The Kier molecular flexibility index (Phi) is 5.09. The average Bonchev–Trinajstić information content (AvgIpc) is 2.94. The van der Waals surface area contributed by atoms with Gasteiger partial charge in [0.1, 0.15) is 0 Å². The molecule has 0 aromatic rings. The molecule has 1 saturated heterocycles. The first kappa shape index (κ1) is 15.8. The summed E-state index contributed by atoms with van der Waals surface area (Å²) in [7, 11) is 0. The van der Waals surface area contributed by atoms with E-state index in [1.54, 1.807) is 0 Å². The molecule has 0 spiro atoms. The second-order valence-corrected chi connectivity index (χ2v) is 7.37. The normalized spacial score (nSPS) is 36.0. The summed E-state index contributed by atoms with van der Waals surface area (Å²) in [4.78, 5) is 2.45. The largest absolute Gasteiger partial charge is 0.395 e. The highest BCUT2D eigenvalue weighted by Gasteiger charge is 2.42. The van der Waals surface area contributed by atoms with E-state index in [1.165, 1.54) is 19.3 Å².